The standard InChI is InChI=1S/C21H36N2O3S/c1-15(2)16-8-10-17(11-9-16)26-14-19-18(22-27-3)6-4-12-23(19)21(24)20-7-5-13-25-20/h5,13,15-20,22H,4,6-12,14H2,1-3H3/t16?,17?,18-,19-,20?/m0/s1. The maximum Gasteiger partial charge on any atom is 0.264 e. The number of nitrogens with zero attached hydrogens (tertiary/aromatic N) is 1. The topological polar surface area (TPSA) is 50.8 Å². The van der Waals surface area contributed by atoms with Gasteiger partial charge in [-0.25, -0.2) is 0 Å². The Kier molecular flexibility index (Phi) is 7.91. The van der Waals surface area contributed by atoms with Crippen molar-refractivity contribution in [1.29, 1.82) is 0 Å². The van der Waals surface area contributed by atoms with Crippen molar-refractivity contribution in [1.82, 2.24) is 9.62 Å². The van der Waals surface area contributed by atoms with E-state index in [-0.39, 0.29) is 24.1 Å². The number of nitrogens with one attached hydrogen (secondary N) is 1. The first-order chi connectivity index (χ1) is 13.1. The van der Waals surface area contributed by atoms with Crippen LogP contribution in [0.4, 0.5) is 0 Å². The van der Waals surface area contributed by atoms with Crippen LogP contribution in [-0.2, 0) is 14.3 Å². The molecule has 3 aliphatic rings. The minimum atomic E-state index is -0.345. The monoisotopic (exact) mass is 396 g/mol. The molecule has 0 aromatic carbocycles. The summed E-state index contributed by atoms with van der Waals surface area (Å²) >= 11 is 1.64. The van der Waals surface area contributed by atoms with Gasteiger partial charge < -0.3 is 14.4 Å². The molecule has 27 heavy (non-hydrogen) atoms. The van der Waals surface area contributed by atoms with Crippen LogP contribution in [0.25, 0.3) is 0 Å². The van der Waals surface area contributed by atoms with E-state index < -0.39 is 0 Å². The molecular formula is C21H36N2O3S. The van der Waals surface area contributed by atoms with Crippen LogP contribution in [0.2, 0.25) is 0 Å². The van der Waals surface area contributed by atoms with E-state index in [1.165, 1.54) is 12.8 Å². The second kappa shape index (κ2) is 10.2. The lowest BCUT2D eigenvalue weighted by atomic mass is 9.80. The van der Waals surface area contributed by atoms with Gasteiger partial charge in [0.1, 0.15) is 0 Å². The third-order valence-corrected chi connectivity index (χ3v) is 7.00. The van der Waals surface area contributed by atoms with Gasteiger partial charge in [0.05, 0.1) is 25.0 Å². The molecule has 6 heteroatoms. The van der Waals surface area contributed by atoms with E-state index >= 15 is 0 Å². The number of hydrogen-bond acceptors (Lipinski definition) is 5. The highest BCUT2D eigenvalue weighted by atomic mass is 32.2. The number of ether oxygens (including phenoxy) is 2. The van der Waals surface area contributed by atoms with Crippen LogP contribution in [0.5, 0.6) is 0 Å². The van der Waals surface area contributed by atoms with Crippen molar-refractivity contribution >= 4 is 17.9 Å². The molecule has 154 valence electrons. The van der Waals surface area contributed by atoms with E-state index in [4.69, 9.17) is 9.47 Å². The number of carbonyl (C=O) groups is 1. The predicted molar refractivity (Wildman–Crippen MR) is 110 cm³/mol. The van der Waals surface area contributed by atoms with Crippen molar-refractivity contribution in [2.45, 2.75) is 83.1 Å². The van der Waals surface area contributed by atoms with E-state index in [9.17, 15) is 4.79 Å². The van der Waals surface area contributed by atoms with E-state index in [1.807, 2.05) is 11.0 Å². The normalized spacial score (nSPS) is 34.1. The minimum Gasteiger partial charge on any atom is -0.488 e. The van der Waals surface area contributed by atoms with E-state index in [1.54, 1.807) is 18.2 Å². The zero-order valence-electron chi connectivity index (χ0n) is 17.1. The lowest BCUT2D eigenvalue weighted by Crippen LogP contribution is -2.59. The van der Waals surface area contributed by atoms with Gasteiger partial charge in [0.15, 0.2) is 6.10 Å². The van der Waals surface area contributed by atoms with Gasteiger partial charge in [0.2, 0.25) is 0 Å². The smallest absolute Gasteiger partial charge is 0.264 e. The van der Waals surface area contributed by atoms with Crippen LogP contribution in [0.15, 0.2) is 12.3 Å². The highest BCUT2D eigenvalue weighted by molar-refractivity contribution is 7.96. The Balaban J connectivity index is 1.58. The Morgan fingerprint density at radius 1 is 1.30 bits per heavy atom. The number of rotatable bonds is 7. The quantitative estimate of drug-likeness (QED) is 0.664. The molecule has 0 radical (unpaired) electrons. The lowest BCUT2D eigenvalue weighted by molar-refractivity contribution is -0.147. The molecule has 2 fully saturated rings. The van der Waals surface area contributed by atoms with Gasteiger partial charge in [0, 0.05) is 19.0 Å². The summed E-state index contributed by atoms with van der Waals surface area (Å²) < 4.78 is 15.4. The molecule has 0 aromatic heterocycles. The molecule has 2 aliphatic heterocycles. The summed E-state index contributed by atoms with van der Waals surface area (Å²) in [5, 5.41) is 0. The largest absolute Gasteiger partial charge is 0.488 e. The second-order valence-corrected chi connectivity index (χ2v) is 9.16. The second-order valence-electron chi connectivity index (χ2n) is 8.52. The number of carbonyl (C=O) groups excluding carboxylic acids is 1. The molecule has 3 rings (SSSR count). The maximum absolute atomic E-state index is 13.0. The fourth-order valence-electron chi connectivity index (χ4n) is 4.71. The van der Waals surface area contributed by atoms with Crippen LogP contribution < -0.4 is 4.72 Å². The molecule has 1 amide bonds. The first kappa shape index (κ1) is 21.0. The Morgan fingerprint density at radius 2 is 2.07 bits per heavy atom. The fraction of sp³-hybridized carbons (Fsp3) is 0.857. The van der Waals surface area contributed by atoms with Gasteiger partial charge in [-0.1, -0.05) is 25.8 Å². The SMILES string of the molecule is CSN[C@H]1CCCN(C(=O)C2CC=CO2)[C@H]1COC1CCC(C(C)C)CC1. The summed E-state index contributed by atoms with van der Waals surface area (Å²) in [7, 11) is 0. The van der Waals surface area contributed by atoms with E-state index in [0.717, 1.165) is 44.1 Å². The minimum absolute atomic E-state index is 0.0886. The van der Waals surface area contributed by atoms with Crippen molar-refractivity contribution in [2.75, 3.05) is 19.4 Å². The van der Waals surface area contributed by atoms with Crippen LogP contribution in [0.3, 0.4) is 0 Å². The van der Waals surface area contributed by atoms with E-state index in [2.05, 4.69) is 24.8 Å². The molecule has 0 bridgehead atoms. The molecule has 0 aromatic rings. The van der Waals surface area contributed by atoms with Crippen LogP contribution in [0, 0.1) is 11.8 Å². The molecule has 3 atom stereocenters. The molecule has 0 spiro atoms. The summed E-state index contributed by atoms with van der Waals surface area (Å²) in [5.41, 5.74) is 0. The van der Waals surface area contributed by atoms with Gasteiger partial charge in [0.25, 0.3) is 5.91 Å². The third-order valence-electron chi connectivity index (χ3n) is 6.46. The molecular weight excluding hydrogens is 360 g/mol. The Bertz CT molecular complexity index is 496. The van der Waals surface area contributed by atoms with Crippen LogP contribution in [-0.4, -0.2) is 54.5 Å². The van der Waals surface area contributed by atoms with Gasteiger partial charge in [-0.05, 0) is 62.7 Å². The van der Waals surface area contributed by atoms with E-state index in [0.29, 0.717) is 19.1 Å². The summed E-state index contributed by atoms with van der Waals surface area (Å²) in [4.78, 5) is 15.0. The van der Waals surface area contributed by atoms with Gasteiger partial charge in [-0.3, -0.25) is 9.52 Å². The lowest BCUT2D eigenvalue weighted by Gasteiger charge is -2.43. The molecule has 1 saturated heterocycles. The number of amides is 1. The first-order valence-corrected chi connectivity index (χ1v) is 11.8. The van der Waals surface area contributed by atoms with Crippen LogP contribution >= 0.6 is 11.9 Å². The van der Waals surface area contributed by atoms with Crippen molar-refractivity contribution < 1.29 is 14.3 Å². The van der Waals surface area contributed by atoms with Crippen molar-refractivity contribution in [3.8, 4) is 0 Å². The molecule has 1 saturated carbocycles. The Morgan fingerprint density at radius 3 is 2.70 bits per heavy atom. The highest BCUT2D eigenvalue weighted by Gasteiger charge is 2.38. The van der Waals surface area contributed by atoms with Gasteiger partial charge in [-0.15, -0.1) is 0 Å². The first-order valence-electron chi connectivity index (χ1n) is 10.6. The van der Waals surface area contributed by atoms with Gasteiger partial charge in [-0.2, -0.15) is 0 Å². The van der Waals surface area contributed by atoms with Crippen LogP contribution in [0.1, 0.15) is 58.8 Å². The molecule has 1 unspecified atom stereocenters. The third kappa shape index (κ3) is 5.42. The molecule has 1 N–H and O–H groups in total. The Hall–Kier alpha value is -0.720. The molecule has 5 nitrogen and oxygen atoms in total. The van der Waals surface area contributed by atoms with Crippen molar-refractivity contribution in [3.05, 3.63) is 12.3 Å². The summed E-state index contributed by atoms with van der Waals surface area (Å²) in [6.45, 7) is 6.09. The van der Waals surface area contributed by atoms with Gasteiger partial charge >= 0.3 is 0 Å². The number of piperidine rings is 1. The molecule has 2 heterocycles. The maximum atomic E-state index is 13.0. The highest BCUT2D eigenvalue weighted by Crippen LogP contribution is 2.32. The summed E-state index contributed by atoms with van der Waals surface area (Å²) in [5.74, 6) is 1.73. The average molecular weight is 397 g/mol. The van der Waals surface area contributed by atoms with Crippen molar-refractivity contribution in [3.63, 3.8) is 0 Å². The zero-order valence-corrected chi connectivity index (χ0v) is 17.9. The summed E-state index contributed by atoms with van der Waals surface area (Å²) in [6, 6.07) is 0.366. The predicted octanol–water partition coefficient (Wildman–Crippen LogP) is 3.75. The van der Waals surface area contributed by atoms with Crippen molar-refractivity contribution in [2.24, 2.45) is 11.8 Å². The number of likely N-dealkylation sites (tertiary alicyclic amines) is 1. The Labute approximate surface area is 168 Å². The zero-order chi connectivity index (χ0) is 19.2. The fourth-order valence-corrected chi connectivity index (χ4v) is 5.29. The molecule has 1 aliphatic carbocycles. The average Bonchev–Trinajstić information content (AvgIpc) is 3.21. The summed E-state index contributed by atoms with van der Waals surface area (Å²) in [6.07, 6.45) is 13.3. The number of hydrogen-bond donors (Lipinski definition) is 1.